The highest BCUT2D eigenvalue weighted by molar-refractivity contribution is 6.08. The van der Waals surface area contributed by atoms with E-state index in [1.165, 1.54) is 43.4 Å². The molecule has 0 aromatic carbocycles. The molecule has 1 saturated heterocycles. The fourth-order valence-electron chi connectivity index (χ4n) is 8.11. The van der Waals surface area contributed by atoms with Crippen molar-refractivity contribution in [3.8, 4) is 0 Å². The Morgan fingerprint density at radius 1 is 0.926 bits per heavy atom. The number of rotatable bonds is 4. The molecule has 7 rings (SSSR count). The minimum Gasteiger partial charge on any atom is -0.354 e. The zero-order chi connectivity index (χ0) is 18.3. The maximum absolute atomic E-state index is 12.7. The molecule has 7 aliphatic rings. The van der Waals surface area contributed by atoms with Gasteiger partial charge in [-0.3, -0.25) is 19.3 Å². The third kappa shape index (κ3) is 2.32. The van der Waals surface area contributed by atoms with Crippen molar-refractivity contribution < 1.29 is 14.4 Å². The number of likely N-dealkylation sites (tertiary alicyclic amines) is 1. The molecule has 1 aliphatic heterocycles. The van der Waals surface area contributed by atoms with Crippen LogP contribution in [-0.2, 0) is 14.4 Å². The first-order valence-electron chi connectivity index (χ1n) is 10.8. The Labute approximate surface area is 159 Å². The van der Waals surface area contributed by atoms with E-state index in [0.29, 0.717) is 0 Å². The molecule has 0 spiro atoms. The minimum atomic E-state index is -0.205. The molecule has 6 bridgehead atoms. The van der Waals surface area contributed by atoms with Gasteiger partial charge < -0.3 is 5.32 Å². The number of hydrogen-bond acceptors (Lipinski definition) is 3. The van der Waals surface area contributed by atoms with Crippen LogP contribution in [0, 0.1) is 46.8 Å². The van der Waals surface area contributed by atoms with Gasteiger partial charge in [-0.1, -0.05) is 12.2 Å². The molecule has 1 N–H and O–H groups in total. The van der Waals surface area contributed by atoms with Crippen LogP contribution in [0.2, 0.25) is 0 Å². The zero-order valence-corrected chi connectivity index (χ0v) is 15.7. The molecule has 5 saturated carbocycles. The summed E-state index contributed by atoms with van der Waals surface area (Å²) in [5.74, 6) is 2.18. The zero-order valence-electron chi connectivity index (χ0n) is 15.7. The van der Waals surface area contributed by atoms with E-state index in [9.17, 15) is 14.4 Å². The van der Waals surface area contributed by atoms with Crippen LogP contribution in [0.1, 0.15) is 44.9 Å². The third-order valence-electron chi connectivity index (χ3n) is 8.69. The van der Waals surface area contributed by atoms with Gasteiger partial charge in [0.15, 0.2) is 0 Å². The number of carbonyl (C=O) groups is 3. The van der Waals surface area contributed by atoms with Crippen LogP contribution in [0.5, 0.6) is 0 Å². The smallest absolute Gasteiger partial charge is 0.240 e. The largest absolute Gasteiger partial charge is 0.354 e. The van der Waals surface area contributed by atoms with Crippen LogP contribution in [0.25, 0.3) is 0 Å². The third-order valence-corrected chi connectivity index (χ3v) is 8.69. The molecule has 0 radical (unpaired) electrons. The first-order valence-corrected chi connectivity index (χ1v) is 10.8. The minimum absolute atomic E-state index is 0.0868. The summed E-state index contributed by atoms with van der Waals surface area (Å²) in [5, 5.41) is 3.11. The Balaban J connectivity index is 1.10. The van der Waals surface area contributed by atoms with Crippen LogP contribution in [0.15, 0.2) is 12.2 Å². The summed E-state index contributed by atoms with van der Waals surface area (Å²) in [6, 6.07) is 0. The monoisotopic (exact) mass is 368 g/mol. The Kier molecular flexibility index (Phi) is 3.29. The molecule has 0 aromatic rings. The van der Waals surface area contributed by atoms with Gasteiger partial charge in [0.2, 0.25) is 17.7 Å². The fourth-order valence-corrected chi connectivity index (χ4v) is 8.11. The second kappa shape index (κ2) is 5.45. The molecule has 0 unspecified atom stereocenters. The van der Waals surface area contributed by atoms with E-state index in [4.69, 9.17) is 0 Å². The molecule has 6 aliphatic carbocycles. The molecule has 27 heavy (non-hydrogen) atoms. The van der Waals surface area contributed by atoms with Gasteiger partial charge in [-0.2, -0.15) is 0 Å². The summed E-state index contributed by atoms with van der Waals surface area (Å²) in [6.45, 7) is 0.641. The number of fused-ring (bicyclic) bond motifs is 5. The van der Waals surface area contributed by atoms with Gasteiger partial charge in [-0.05, 0) is 80.0 Å². The predicted octanol–water partition coefficient (Wildman–Crippen LogP) is 2.13. The maximum Gasteiger partial charge on any atom is 0.240 e. The van der Waals surface area contributed by atoms with Gasteiger partial charge in [-0.15, -0.1) is 0 Å². The maximum atomic E-state index is 12.7. The van der Waals surface area contributed by atoms with Crippen molar-refractivity contribution >= 4 is 17.7 Å². The highest BCUT2D eigenvalue weighted by Gasteiger charge is 2.59. The van der Waals surface area contributed by atoms with E-state index in [2.05, 4.69) is 17.5 Å². The summed E-state index contributed by atoms with van der Waals surface area (Å²) in [5.41, 5.74) is 0.281. The first-order chi connectivity index (χ1) is 13.0. The van der Waals surface area contributed by atoms with Crippen LogP contribution in [0.3, 0.4) is 0 Å². The predicted molar refractivity (Wildman–Crippen MR) is 98.1 cm³/mol. The van der Waals surface area contributed by atoms with Crippen molar-refractivity contribution in [2.24, 2.45) is 46.8 Å². The van der Waals surface area contributed by atoms with E-state index in [1.807, 2.05) is 0 Å². The van der Waals surface area contributed by atoms with E-state index in [1.54, 1.807) is 0 Å². The normalized spacial score (nSPS) is 48.6. The lowest BCUT2D eigenvalue weighted by molar-refractivity contribution is -0.144. The number of hydrogen-bond donors (Lipinski definition) is 1. The van der Waals surface area contributed by atoms with Gasteiger partial charge in [0.05, 0.1) is 11.8 Å². The van der Waals surface area contributed by atoms with Gasteiger partial charge in [0, 0.05) is 6.54 Å². The van der Waals surface area contributed by atoms with E-state index in [-0.39, 0.29) is 53.4 Å². The number of carbonyl (C=O) groups excluding carboxylic acids is 3. The lowest BCUT2D eigenvalue weighted by atomic mass is 9.49. The summed E-state index contributed by atoms with van der Waals surface area (Å²) in [6.07, 6.45) is 13.0. The quantitative estimate of drug-likeness (QED) is 0.611. The fraction of sp³-hybridized carbons (Fsp3) is 0.773. The summed E-state index contributed by atoms with van der Waals surface area (Å²) < 4.78 is 0. The number of nitrogens with zero attached hydrogens (tertiary/aromatic N) is 1. The lowest BCUT2D eigenvalue weighted by Crippen LogP contribution is -2.52. The van der Waals surface area contributed by atoms with Crippen molar-refractivity contribution in [2.75, 3.05) is 13.1 Å². The molecule has 3 amide bonds. The Hall–Kier alpha value is -1.65. The van der Waals surface area contributed by atoms with Crippen molar-refractivity contribution in [2.45, 2.75) is 44.9 Å². The van der Waals surface area contributed by atoms with E-state index >= 15 is 0 Å². The van der Waals surface area contributed by atoms with Gasteiger partial charge in [0.1, 0.15) is 6.54 Å². The summed E-state index contributed by atoms with van der Waals surface area (Å²) in [7, 11) is 0. The van der Waals surface area contributed by atoms with E-state index in [0.717, 1.165) is 30.7 Å². The molecule has 5 heteroatoms. The number of imide groups is 1. The van der Waals surface area contributed by atoms with Gasteiger partial charge in [-0.25, -0.2) is 0 Å². The number of amides is 3. The Morgan fingerprint density at radius 2 is 1.44 bits per heavy atom. The number of allylic oxidation sites excluding steroid dienone is 2. The summed E-state index contributed by atoms with van der Waals surface area (Å²) >= 11 is 0. The average Bonchev–Trinajstić information content (AvgIpc) is 3.29. The van der Waals surface area contributed by atoms with Crippen LogP contribution in [0.4, 0.5) is 0 Å². The topological polar surface area (TPSA) is 66.5 Å². The highest BCUT2D eigenvalue weighted by atomic mass is 16.2. The van der Waals surface area contributed by atoms with Gasteiger partial charge in [0.25, 0.3) is 0 Å². The van der Waals surface area contributed by atoms with Crippen molar-refractivity contribution in [1.29, 1.82) is 0 Å². The van der Waals surface area contributed by atoms with Crippen molar-refractivity contribution in [3.05, 3.63) is 12.2 Å². The average molecular weight is 368 g/mol. The lowest BCUT2D eigenvalue weighted by Gasteiger charge is -2.56. The summed E-state index contributed by atoms with van der Waals surface area (Å²) in [4.78, 5) is 39.3. The molecule has 4 atom stereocenters. The van der Waals surface area contributed by atoms with Crippen molar-refractivity contribution in [1.82, 2.24) is 10.2 Å². The van der Waals surface area contributed by atoms with Crippen LogP contribution < -0.4 is 5.32 Å². The Morgan fingerprint density at radius 3 is 1.96 bits per heavy atom. The first kappa shape index (κ1) is 16.3. The van der Waals surface area contributed by atoms with Crippen LogP contribution in [-0.4, -0.2) is 35.7 Å². The molecule has 0 aromatic heterocycles. The molecule has 6 fully saturated rings. The second-order valence-corrected chi connectivity index (χ2v) is 10.5. The van der Waals surface area contributed by atoms with Crippen LogP contribution >= 0.6 is 0 Å². The molecule has 144 valence electrons. The number of nitrogens with one attached hydrogen (secondary N) is 1. The standard InChI is InChI=1S/C22H28N2O3/c25-17(23-11-22-7-12-3-13(8-22)5-14(4-12)9-22)10-24-20(26)18-15-1-2-16(6-15)19(18)21(24)27/h1-2,12-16,18-19H,3-11H2,(H,23,25)/t12?,13?,14?,15-,16+,18-,19+,22?. The molecular formula is C22H28N2O3. The second-order valence-electron chi connectivity index (χ2n) is 10.5. The molecular weight excluding hydrogens is 340 g/mol. The SMILES string of the molecule is O=C(CN1C(=O)[C@@H]2[C@H](C1=O)[C@@H]1C=C[C@H]2C1)NCC12CC3CC(CC(C3)C1)C2. The molecule has 5 nitrogen and oxygen atoms in total. The molecule has 1 heterocycles. The highest BCUT2D eigenvalue weighted by Crippen LogP contribution is 2.59. The van der Waals surface area contributed by atoms with Crippen molar-refractivity contribution in [3.63, 3.8) is 0 Å². The van der Waals surface area contributed by atoms with Gasteiger partial charge >= 0.3 is 0 Å². The van der Waals surface area contributed by atoms with E-state index < -0.39 is 0 Å². The Bertz CT molecular complexity index is 691.